The van der Waals surface area contributed by atoms with Crippen molar-refractivity contribution in [3.8, 4) is 5.13 Å². The lowest BCUT2D eigenvalue weighted by molar-refractivity contribution is -0.126. The van der Waals surface area contributed by atoms with Gasteiger partial charge < -0.3 is 14.7 Å². The molecule has 0 amide bonds. The van der Waals surface area contributed by atoms with Crippen molar-refractivity contribution in [2.45, 2.75) is 27.2 Å². The highest BCUT2D eigenvalue weighted by molar-refractivity contribution is 7.12. The zero-order valence-corrected chi connectivity index (χ0v) is 19.8. The van der Waals surface area contributed by atoms with Crippen LogP contribution in [0.3, 0.4) is 0 Å². The zero-order valence-electron chi connectivity index (χ0n) is 19.0. The average molecular weight is 471 g/mol. The van der Waals surface area contributed by atoms with Gasteiger partial charge in [-0.25, -0.2) is 14.8 Å². The van der Waals surface area contributed by atoms with Crippen LogP contribution in [0.15, 0.2) is 28.6 Å². The second kappa shape index (κ2) is 8.68. The summed E-state index contributed by atoms with van der Waals surface area (Å²) in [6.07, 6.45) is 3.34. The molecule has 1 fully saturated rings. The lowest BCUT2D eigenvalue weighted by atomic mass is 9.82. The maximum Gasteiger partial charge on any atom is 0.341 e. The van der Waals surface area contributed by atoms with Crippen LogP contribution in [0.4, 0.5) is 5.82 Å². The normalized spacial score (nSPS) is 14.5. The van der Waals surface area contributed by atoms with Crippen molar-refractivity contribution in [2.75, 3.05) is 31.7 Å². The number of carbonyl (C=O) groups excluding carboxylic acids is 1. The van der Waals surface area contributed by atoms with Crippen LogP contribution >= 0.6 is 11.3 Å². The topological polar surface area (TPSA) is 115 Å². The van der Waals surface area contributed by atoms with Crippen LogP contribution in [-0.2, 0) is 9.53 Å². The summed E-state index contributed by atoms with van der Waals surface area (Å²) in [6.45, 7) is 7.42. The Hall–Kier alpha value is -3.11. The first-order chi connectivity index (χ1) is 15.6. The Balaban J connectivity index is 1.67. The van der Waals surface area contributed by atoms with Crippen molar-refractivity contribution >= 4 is 39.9 Å². The average Bonchev–Trinajstić information content (AvgIpc) is 3.20. The van der Waals surface area contributed by atoms with E-state index in [4.69, 9.17) is 9.72 Å². The molecular formula is C23H26N4O5S. The Kier molecular flexibility index (Phi) is 6.06. The van der Waals surface area contributed by atoms with Gasteiger partial charge in [0.2, 0.25) is 5.43 Å². The maximum absolute atomic E-state index is 12.9. The monoisotopic (exact) mass is 470 g/mol. The largest absolute Gasteiger partial charge is 0.477 e. The molecule has 0 radical (unpaired) electrons. The number of ketones is 1. The van der Waals surface area contributed by atoms with Gasteiger partial charge in [0, 0.05) is 44.4 Å². The first-order valence-corrected chi connectivity index (χ1v) is 11.5. The molecule has 174 valence electrons. The highest BCUT2D eigenvalue weighted by Crippen LogP contribution is 2.31. The van der Waals surface area contributed by atoms with Gasteiger partial charge in [0.05, 0.1) is 17.9 Å². The Morgan fingerprint density at radius 1 is 1.33 bits per heavy atom. The number of carboxylic acid groups (broad SMARTS) is 1. The summed E-state index contributed by atoms with van der Waals surface area (Å²) >= 11 is 1.32. The van der Waals surface area contributed by atoms with Gasteiger partial charge in [-0.05, 0) is 24.0 Å². The van der Waals surface area contributed by atoms with Crippen molar-refractivity contribution in [3.05, 3.63) is 45.2 Å². The lowest BCUT2D eigenvalue weighted by Crippen LogP contribution is -2.51. The lowest BCUT2D eigenvalue weighted by Gasteiger charge is -2.40. The third-order valence-electron chi connectivity index (χ3n) is 5.85. The maximum atomic E-state index is 12.9. The van der Waals surface area contributed by atoms with Crippen LogP contribution in [0.1, 0.15) is 36.2 Å². The molecule has 1 saturated heterocycles. The van der Waals surface area contributed by atoms with E-state index in [1.54, 1.807) is 36.2 Å². The minimum atomic E-state index is -1.30. The summed E-state index contributed by atoms with van der Waals surface area (Å²) in [6, 6.07) is 1.77. The number of hydrogen-bond acceptors (Lipinski definition) is 8. The number of hydrogen-bond donors (Lipinski definition) is 1. The molecule has 1 aliphatic heterocycles. The number of anilines is 1. The molecule has 10 heteroatoms. The van der Waals surface area contributed by atoms with Gasteiger partial charge in [0.15, 0.2) is 10.8 Å². The van der Waals surface area contributed by atoms with E-state index in [0.717, 1.165) is 0 Å². The van der Waals surface area contributed by atoms with Gasteiger partial charge in [-0.2, -0.15) is 0 Å². The van der Waals surface area contributed by atoms with Crippen molar-refractivity contribution < 1.29 is 19.4 Å². The van der Waals surface area contributed by atoms with Crippen LogP contribution in [0.5, 0.6) is 0 Å². The van der Waals surface area contributed by atoms with Crippen molar-refractivity contribution in [1.82, 2.24) is 14.5 Å². The summed E-state index contributed by atoms with van der Waals surface area (Å²) in [5.74, 6) is -0.518. The smallest absolute Gasteiger partial charge is 0.341 e. The molecule has 0 atom stereocenters. The predicted octanol–water partition coefficient (Wildman–Crippen LogP) is 2.92. The van der Waals surface area contributed by atoms with E-state index in [1.165, 1.54) is 17.5 Å². The van der Waals surface area contributed by atoms with Crippen LogP contribution in [0, 0.1) is 18.3 Å². The fourth-order valence-electron chi connectivity index (χ4n) is 4.20. The molecular weight excluding hydrogens is 444 g/mol. The molecule has 1 N–H and O–H groups in total. The summed E-state index contributed by atoms with van der Waals surface area (Å²) in [5.41, 5.74) is -0.131. The molecule has 33 heavy (non-hydrogen) atoms. The Morgan fingerprint density at radius 2 is 2.06 bits per heavy atom. The van der Waals surface area contributed by atoms with Gasteiger partial charge in [0.25, 0.3) is 0 Å². The molecule has 0 bridgehead atoms. The molecule has 1 aliphatic rings. The molecule has 0 spiro atoms. The fraction of sp³-hybridized carbons (Fsp3) is 0.435. The number of carbonyl (C=O) groups is 2. The molecule has 0 unspecified atom stereocenters. The number of aromatic carboxylic acids is 1. The molecule has 0 aliphatic carbocycles. The SMILES string of the molecule is COCC(C)(C)CC(=O)C1CN(c2cc(C)c3c(=O)c(C(=O)O)cn(-c4nccs4)c3n2)C1. The first kappa shape index (κ1) is 23.1. The summed E-state index contributed by atoms with van der Waals surface area (Å²) in [7, 11) is 1.63. The van der Waals surface area contributed by atoms with Crippen LogP contribution in [-0.4, -0.2) is 58.2 Å². The van der Waals surface area contributed by atoms with Gasteiger partial charge in [-0.3, -0.25) is 14.2 Å². The summed E-state index contributed by atoms with van der Waals surface area (Å²) in [5, 5.41) is 12.1. The third-order valence-corrected chi connectivity index (χ3v) is 6.62. The number of fused-ring (bicyclic) bond motifs is 1. The number of pyridine rings is 2. The van der Waals surface area contributed by atoms with Crippen LogP contribution in [0.25, 0.3) is 16.2 Å². The van der Waals surface area contributed by atoms with Crippen LogP contribution in [0.2, 0.25) is 0 Å². The van der Waals surface area contributed by atoms with Gasteiger partial charge in [0.1, 0.15) is 17.2 Å². The van der Waals surface area contributed by atoms with E-state index in [9.17, 15) is 19.5 Å². The second-order valence-corrected chi connectivity index (χ2v) is 10.1. The van der Waals surface area contributed by atoms with E-state index >= 15 is 0 Å². The summed E-state index contributed by atoms with van der Waals surface area (Å²) in [4.78, 5) is 48.2. The van der Waals surface area contributed by atoms with Gasteiger partial charge >= 0.3 is 5.97 Å². The van der Waals surface area contributed by atoms with E-state index in [0.29, 0.717) is 48.3 Å². The zero-order chi connectivity index (χ0) is 23.9. The Labute approximate surface area is 194 Å². The number of aryl methyl sites for hydroxylation is 1. The van der Waals surface area contributed by atoms with E-state index in [1.807, 2.05) is 18.7 Å². The Morgan fingerprint density at radius 3 is 2.67 bits per heavy atom. The standard InChI is InChI=1S/C23H26N4O5S/c1-13-7-17(26-9-14(10-26)16(28)8-23(2,3)12-32-4)25-20-18(13)19(29)15(21(30)31)11-27(20)22-24-5-6-33-22/h5-7,11,14H,8-10,12H2,1-4H3,(H,30,31). The number of rotatable bonds is 8. The van der Waals surface area contributed by atoms with Gasteiger partial charge in [-0.15, -0.1) is 11.3 Å². The number of Topliss-reactive ketones (excluding diaryl/α,β-unsaturated/α-hetero) is 1. The van der Waals surface area contributed by atoms with Crippen LogP contribution < -0.4 is 10.3 Å². The fourth-order valence-corrected chi connectivity index (χ4v) is 4.82. The van der Waals surface area contributed by atoms with Crippen molar-refractivity contribution in [2.24, 2.45) is 11.3 Å². The highest BCUT2D eigenvalue weighted by atomic mass is 32.1. The second-order valence-electron chi connectivity index (χ2n) is 9.20. The van der Waals surface area contributed by atoms with E-state index < -0.39 is 11.4 Å². The number of nitrogens with zero attached hydrogens (tertiary/aromatic N) is 4. The molecule has 4 heterocycles. The quantitative estimate of drug-likeness (QED) is 0.534. The predicted molar refractivity (Wildman–Crippen MR) is 126 cm³/mol. The summed E-state index contributed by atoms with van der Waals surface area (Å²) < 4.78 is 6.77. The minimum absolute atomic E-state index is 0.0746. The molecule has 3 aromatic heterocycles. The molecule has 9 nitrogen and oxygen atoms in total. The first-order valence-electron chi connectivity index (χ1n) is 10.6. The molecule has 0 saturated carbocycles. The van der Waals surface area contributed by atoms with E-state index in [-0.39, 0.29) is 28.1 Å². The van der Waals surface area contributed by atoms with E-state index in [2.05, 4.69) is 4.98 Å². The minimum Gasteiger partial charge on any atom is -0.477 e. The molecule has 4 rings (SSSR count). The van der Waals surface area contributed by atoms with Crippen molar-refractivity contribution in [1.29, 1.82) is 0 Å². The number of aromatic nitrogens is 3. The number of ether oxygens (including phenoxy) is 1. The molecule has 3 aromatic rings. The third kappa shape index (κ3) is 4.40. The Bertz CT molecular complexity index is 1280. The number of methoxy groups -OCH3 is 1. The molecule has 0 aromatic carbocycles. The highest BCUT2D eigenvalue weighted by Gasteiger charge is 2.36. The number of thiazole rings is 1. The van der Waals surface area contributed by atoms with Crippen molar-refractivity contribution in [3.63, 3.8) is 0 Å². The number of carboxylic acids is 1. The van der Waals surface area contributed by atoms with Gasteiger partial charge in [-0.1, -0.05) is 13.8 Å².